The molecular weight excluding hydrogens is 444 g/mol. The molecule has 4 nitrogen and oxygen atoms in total. The molecule has 2 unspecified atom stereocenters. The highest BCUT2D eigenvalue weighted by molar-refractivity contribution is 5.95. The minimum Gasteiger partial charge on any atom is -0.396 e. The Hall–Kier alpha value is -4.46. The Labute approximate surface area is 212 Å². The molecule has 0 saturated carbocycles. The zero-order valence-electron chi connectivity index (χ0n) is 19.9. The normalized spacial score (nSPS) is 12.6. The molecule has 0 saturated heterocycles. The molecule has 4 aromatic carbocycles. The van der Waals surface area contributed by atoms with E-state index in [2.05, 4.69) is 10.2 Å². The van der Waals surface area contributed by atoms with Crippen LogP contribution in [0.1, 0.15) is 21.5 Å². The van der Waals surface area contributed by atoms with Crippen LogP contribution in [-0.2, 0) is 6.42 Å². The Balaban J connectivity index is 1.56. The highest BCUT2D eigenvalue weighted by Gasteiger charge is 2.22. The van der Waals surface area contributed by atoms with Gasteiger partial charge in [-0.05, 0) is 35.2 Å². The molecule has 0 bridgehead atoms. The first-order chi connectivity index (χ1) is 17.7. The highest BCUT2D eigenvalue weighted by atomic mass is 16.3. The molecular formula is C32H28N2O2. The summed E-state index contributed by atoms with van der Waals surface area (Å²) in [4.78, 5) is 16.7. The molecule has 0 radical (unpaired) electrons. The van der Waals surface area contributed by atoms with Gasteiger partial charge in [0.25, 0.3) is 5.91 Å². The van der Waals surface area contributed by atoms with Crippen LogP contribution in [0.5, 0.6) is 0 Å². The lowest BCUT2D eigenvalue weighted by Crippen LogP contribution is -2.41. The molecule has 4 aromatic rings. The molecule has 1 amide bonds. The van der Waals surface area contributed by atoms with Gasteiger partial charge in [0.15, 0.2) is 5.69 Å². The quantitative estimate of drug-likeness (QED) is 0.271. The highest BCUT2D eigenvalue weighted by Crippen LogP contribution is 2.22. The summed E-state index contributed by atoms with van der Waals surface area (Å²) >= 11 is 0. The molecule has 0 aliphatic rings. The molecule has 4 heteroatoms. The fourth-order valence-electron chi connectivity index (χ4n) is 4.14. The van der Waals surface area contributed by atoms with Crippen molar-refractivity contribution in [2.45, 2.75) is 12.5 Å². The summed E-state index contributed by atoms with van der Waals surface area (Å²) in [7, 11) is 0. The summed E-state index contributed by atoms with van der Waals surface area (Å²) in [5.74, 6) is -0.468. The van der Waals surface area contributed by atoms with Gasteiger partial charge in [-0.25, -0.2) is 4.85 Å². The van der Waals surface area contributed by atoms with Crippen molar-refractivity contribution in [1.82, 2.24) is 5.32 Å². The van der Waals surface area contributed by atoms with Crippen molar-refractivity contribution in [2.24, 2.45) is 5.92 Å². The fourth-order valence-corrected chi connectivity index (χ4v) is 4.14. The average Bonchev–Trinajstić information content (AvgIpc) is 2.95. The minimum atomic E-state index is -0.409. The van der Waals surface area contributed by atoms with E-state index >= 15 is 0 Å². The molecule has 178 valence electrons. The molecule has 0 spiro atoms. The van der Waals surface area contributed by atoms with Crippen molar-refractivity contribution in [3.8, 4) is 11.1 Å². The fraction of sp³-hybridized carbons (Fsp3) is 0.125. The van der Waals surface area contributed by atoms with Crippen LogP contribution in [0.4, 0.5) is 5.69 Å². The summed E-state index contributed by atoms with van der Waals surface area (Å²) in [5.41, 5.74) is 5.20. The number of hydrogen-bond acceptors (Lipinski definition) is 2. The maximum Gasteiger partial charge on any atom is 0.251 e. The van der Waals surface area contributed by atoms with Gasteiger partial charge in [-0.1, -0.05) is 115 Å². The SMILES string of the molecule is [C-]#[N+]c1cccc(CC(CO)C(C=Cc2ccccc2)NC(=O)c2ccc(-c3ccccc3)cc2)c1. The molecule has 4 rings (SSSR count). The molecule has 0 heterocycles. The first kappa shape index (κ1) is 24.7. The Morgan fingerprint density at radius 3 is 2.19 bits per heavy atom. The number of carbonyl (C=O) groups is 1. The first-order valence-corrected chi connectivity index (χ1v) is 11.9. The zero-order valence-corrected chi connectivity index (χ0v) is 19.9. The Bertz CT molecular complexity index is 1340. The molecule has 2 N–H and O–H groups in total. The largest absolute Gasteiger partial charge is 0.396 e. The Kier molecular flexibility index (Phi) is 8.43. The van der Waals surface area contributed by atoms with Gasteiger partial charge in [-0.15, -0.1) is 0 Å². The lowest BCUT2D eigenvalue weighted by molar-refractivity contribution is 0.0921. The summed E-state index contributed by atoms with van der Waals surface area (Å²) < 4.78 is 0. The monoisotopic (exact) mass is 472 g/mol. The van der Waals surface area contributed by atoms with Gasteiger partial charge >= 0.3 is 0 Å². The van der Waals surface area contributed by atoms with Crippen LogP contribution in [-0.4, -0.2) is 23.7 Å². The minimum absolute atomic E-state index is 0.112. The predicted octanol–water partition coefficient (Wildman–Crippen LogP) is 6.57. The van der Waals surface area contributed by atoms with Gasteiger partial charge in [0.2, 0.25) is 0 Å². The van der Waals surface area contributed by atoms with E-state index in [0.717, 1.165) is 22.3 Å². The summed E-state index contributed by atoms with van der Waals surface area (Å²) in [5, 5.41) is 13.4. The van der Waals surface area contributed by atoms with Gasteiger partial charge in [-0.2, -0.15) is 0 Å². The maximum atomic E-state index is 13.2. The van der Waals surface area contributed by atoms with E-state index in [9.17, 15) is 9.90 Å². The third-order valence-electron chi connectivity index (χ3n) is 6.13. The van der Waals surface area contributed by atoms with E-state index < -0.39 is 6.04 Å². The second-order valence-corrected chi connectivity index (χ2v) is 8.64. The predicted molar refractivity (Wildman–Crippen MR) is 146 cm³/mol. The van der Waals surface area contributed by atoms with E-state index in [1.807, 2.05) is 115 Å². The van der Waals surface area contributed by atoms with Gasteiger partial charge in [0, 0.05) is 18.1 Å². The Morgan fingerprint density at radius 1 is 0.861 bits per heavy atom. The van der Waals surface area contributed by atoms with Crippen molar-refractivity contribution in [3.63, 3.8) is 0 Å². The lowest BCUT2D eigenvalue weighted by atomic mass is 9.91. The first-order valence-electron chi connectivity index (χ1n) is 11.9. The molecule has 0 fully saturated rings. The van der Waals surface area contributed by atoms with Crippen LogP contribution in [0, 0.1) is 12.5 Å². The Morgan fingerprint density at radius 2 is 1.53 bits per heavy atom. The molecule has 2 atom stereocenters. The molecule has 36 heavy (non-hydrogen) atoms. The van der Waals surface area contributed by atoms with Gasteiger partial charge < -0.3 is 10.4 Å². The molecule has 0 aliphatic carbocycles. The number of rotatable bonds is 9. The number of aliphatic hydroxyl groups excluding tert-OH is 1. The number of amides is 1. The van der Waals surface area contributed by atoms with E-state index in [0.29, 0.717) is 17.7 Å². The number of benzene rings is 4. The third-order valence-corrected chi connectivity index (χ3v) is 6.13. The number of aliphatic hydroxyl groups is 1. The van der Waals surface area contributed by atoms with Gasteiger partial charge in [0.05, 0.1) is 12.6 Å². The third kappa shape index (κ3) is 6.56. The van der Waals surface area contributed by atoms with Gasteiger partial charge in [0.1, 0.15) is 0 Å². The lowest BCUT2D eigenvalue weighted by Gasteiger charge is -2.25. The summed E-state index contributed by atoms with van der Waals surface area (Å²) in [6.45, 7) is 7.17. The number of carbonyl (C=O) groups excluding carboxylic acids is 1. The van der Waals surface area contributed by atoms with E-state index in [1.54, 1.807) is 6.07 Å². The number of nitrogens with one attached hydrogen (secondary N) is 1. The van der Waals surface area contributed by atoms with Crippen LogP contribution >= 0.6 is 0 Å². The maximum absolute atomic E-state index is 13.2. The van der Waals surface area contributed by atoms with Crippen molar-refractivity contribution in [3.05, 3.63) is 143 Å². The summed E-state index contributed by atoms with van der Waals surface area (Å²) in [6, 6.07) is 34.4. The van der Waals surface area contributed by atoms with Crippen LogP contribution in [0.2, 0.25) is 0 Å². The van der Waals surface area contributed by atoms with Crippen molar-refractivity contribution < 1.29 is 9.90 Å². The van der Waals surface area contributed by atoms with Crippen LogP contribution < -0.4 is 5.32 Å². The second kappa shape index (κ2) is 12.3. The van der Waals surface area contributed by atoms with Crippen molar-refractivity contribution >= 4 is 17.7 Å². The standard InChI is InChI=1S/C32H28N2O2/c1-33-30-14-8-11-25(22-30)21-29(23-35)31(20-15-24-9-4-2-5-10-24)34-32(36)28-18-16-27(17-19-28)26-12-6-3-7-13-26/h2-20,22,29,31,35H,21,23H2,(H,34,36). The van der Waals surface area contributed by atoms with E-state index in [4.69, 9.17) is 6.57 Å². The smallest absolute Gasteiger partial charge is 0.251 e. The average molecular weight is 473 g/mol. The van der Waals surface area contributed by atoms with E-state index in [1.165, 1.54) is 0 Å². The molecule has 0 aliphatic heterocycles. The van der Waals surface area contributed by atoms with Crippen molar-refractivity contribution in [1.29, 1.82) is 0 Å². The summed E-state index contributed by atoms with van der Waals surface area (Å²) in [6.07, 6.45) is 4.42. The van der Waals surface area contributed by atoms with Crippen LogP contribution in [0.15, 0.2) is 115 Å². The number of nitrogens with zero attached hydrogens (tertiary/aromatic N) is 1. The topological polar surface area (TPSA) is 53.7 Å². The number of hydrogen-bond donors (Lipinski definition) is 2. The zero-order chi connectivity index (χ0) is 25.2. The van der Waals surface area contributed by atoms with Gasteiger partial charge in [-0.3, -0.25) is 4.79 Å². The second-order valence-electron chi connectivity index (χ2n) is 8.64. The van der Waals surface area contributed by atoms with Crippen LogP contribution in [0.25, 0.3) is 22.0 Å². The van der Waals surface area contributed by atoms with E-state index in [-0.39, 0.29) is 18.4 Å². The molecule has 0 aromatic heterocycles. The van der Waals surface area contributed by atoms with Crippen LogP contribution in [0.3, 0.4) is 0 Å². The van der Waals surface area contributed by atoms with Crippen molar-refractivity contribution in [2.75, 3.05) is 6.61 Å².